The highest BCUT2D eigenvalue weighted by Crippen LogP contribution is 2.19. The van der Waals surface area contributed by atoms with Crippen molar-refractivity contribution in [2.24, 2.45) is 0 Å². The van der Waals surface area contributed by atoms with Crippen molar-refractivity contribution >= 4 is 0 Å². The van der Waals surface area contributed by atoms with E-state index < -0.39 is 0 Å². The zero-order valence-corrected chi connectivity index (χ0v) is 32.3. The van der Waals surface area contributed by atoms with Crippen molar-refractivity contribution in [1.29, 1.82) is 0 Å². The van der Waals surface area contributed by atoms with E-state index in [0.29, 0.717) is 6.10 Å². The van der Waals surface area contributed by atoms with E-state index in [4.69, 9.17) is 4.74 Å². The molecule has 0 aliphatic rings. The second kappa shape index (κ2) is 40.1. The summed E-state index contributed by atoms with van der Waals surface area (Å²) < 4.78 is 6.45. The number of hydrogen-bond donors (Lipinski definition) is 0. The van der Waals surface area contributed by atoms with Gasteiger partial charge in [-0.2, -0.15) is 0 Å². The van der Waals surface area contributed by atoms with Gasteiger partial charge in [0.25, 0.3) is 0 Å². The van der Waals surface area contributed by atoms with Gasteiger partial charge in [-0.25, -0.2) is 0 Å². The van der Waals surface area contributed by atoms with Gasteiger partial charge in [0, 0.05) is 6.61 Å². The Kier molecular flexibility index (Phi) is 40.0. The van der Waals surface area contributed by atoms with Crippen LogP contribution in [0.15, 0.2) is 0 Å². The predicted molar refractivity (Wildman–Crippen MR) is 206 cm³/mol. The molecule has 0 rings (SSSR count). The Morgan fingerprint density at radius 3 is 0.867 bits per heavy atom. The van der Waals surface area contributed by atoms with E-state index in [1.807, 2.05) is 0 Å². The maximum Gasteiger partial charge on any atom is 0.0575 e. The van der Waals surface area contributed by atoms with Crippen LogP contribution < -0.4 is 0 Å². The predicted octanol–water partition coefficient (Wildman–Crippen LogP) is 15.0. The van der Waals surface area contributed by atoms with Crippen LogP contribution in [0.5, 0.6) is 0 Å². The van der Waals surface area contributed by atoms with Gasteiger partial charge >= 0.3 is 0 Å². The molecule has 0 aromatic heterocycles. The van der Waals surface area contributed by atoms with Gasteiger partial charge < -0.3 is 9.64 Å². The Balaban J connectivity index is 3.73. The molecule has 272 valence electrons. The zero-order chi connectivity index (χ0) is 32.7. The average Bonchev–Trinajstić information content (AvgIpc) is 3.03. The van der Waals surface area contributed by atoms with Crippen molar-refractivity contribution in [2.45, 2.75) is 251 Å². The van der Waals surface area contributed by atoms with Crippen LogP contribution in [0.1, 0.15) is 245 Å². The molecular formula is C43H89NO. The van der Waals surface area contributed by atoms with Crippen LogP contribution in [0.2, 0.25) is 0 Å². The number of nitrogens with zero attached hydrogens (tertiary/aromatic N) is 1. The van der Waals surface area contributed by atoms with Crippen LogP contribution in [-0.4, -0.2) is 38.3 Å². The molecule has 0 N–H and O–H groups in total. The number of hydrogen-bond acceptors (Lipinski definition) is 2. The third-order valence-corrected chi connectivity index (χ3v) is 10.1. The van der Waals surface area contributed by atoms with Crippen LogP contribution in [0.4, 0.5) is 0 Å². The van der Waals surface area contributed by atoms with Crippen molar-refractivity contribution in [3.8, 4) is 0 Å². The first-order chi connectivity index (χ1) is 22.2. The molecule has 0 aliphatic heterocycles. The van der Waals surface area contributed by atoms with Crippen LogP contribution >= 0.6 is 0 Å². The minimum Gasteiger partial charge on any atom is -0.378 e. The summed E-state index contributed by atoms with van der Waals surface area (Å²) in [5, 5.41) is 0. The van der Waals surface area contributed by atoms with Gasteiger partial charge in [0.1, 0.15) is 0 Å². The SMILES string of the molecule is CCCCCCCCCCCCCCCCCCC(CCCCCCCCCCCCCCCCCC)OCCCCN(C)C. The Hall–Kier alpha value is -0.0800. The van der Waals surface area contributed by atoms with E-state index >= 15 is 0 Å². The van der Waals surface area contributed by atoms with E-state index in [9.17, 15) is 0 Å². The van der Waals surface area contributed by atoms with Crippen molar-refractivity contribution in [1.82, 2.24) is 4.90 Å². The van der Waals surface area contributed by atoms with Gasteiger partial charge in [-0.05, 0) is 46.3 Å². The largest absolute Gasteiger partial charge is 0.378 e. The maximum absolute atomic E-state index is 6.45. The van der Waals surface area contributed by atoms with Gasteiger partial charge in [-0.1, -0.05) is 219 Å². The minimum absolute atomic E-state index is 0.516. The normalized spacial score (nSPS) is 11.9. The molecule has 45 heavy (non-hydrogen) atoms. The third-order valence-electron chi connectivity index (χ3n) is 10.1. The van der Waals surface area contributed by atoms with Crippen molar-refractivity contribution < 1.29 is 4.74 Å². The molecular weight excluding hydrogens is 546 g/mol. The third kappa shape index (κ3) is 40.0. The highest BCUT2D eigenvalue weighted by atomic mass is 16.5. The van der Waals surface area contributed by atoms with E-state index in [0.717, 1.165) is 6.61 Å². The lowest BCUT2D eigenvalue weighted by Gasteiger charge is -2.18. The molecule has 0 saturated heterocycles. The molecule has 0 saturated carbocycles. The lowest BCUT2D eigenvalue weighted by molar-refractivity contribution is 0.0353. The Morgan fingerprint density at radius 2 is 0.600 bits per heavy atom. The summed E-state index contributed by atoms with van der Waals surface area (Å²) in [5.74, 6) is 0. The van der Waals surface area contributed by atoms with E-state index in [-0.39, 0.29) is 0 Å². The quantitative estimate of drug-likeness (QED) is 0.0621. The molecule has 2 heteroatoms. The monoisotopic (exact) mass is 636 g/mol. The summed E-state index contributed by atoms with van der Waals surface area (Å²) in [6, 6.07) is 0. The summed E-state index contributed by atoms with van der Waals surface area (Å²) in [7, 11) is 4.36. The lowest BCUT2D eigenvalue weighted by Crippen LogP contribution is -2.16. The fraction of sp³-hybridized carbons (Fsp3) is 1.00. The summed E-state index contributed by atoms with van der Waals surface area (Å²) in [6.07, 6.45) is 52.0. The van der Waals surface area contributed by atoms with Gasteiger partial charge in [0.15, 0.2) is 0 Å². The molecule has 0 heterocycles. The lowest BCUT2D eigenvalue weighted by atomic mass is 10.0. The smallest absolute Gasteiger partial charge is 0.0575 e. The molecule has 0 spiro atoms. The molecule has 0 fully saturated rings. The first-order valence-electron chi connectivity index (χ1n) is 21.5. The number of unbranched alkanes of at least 4 members (excludes halogenated alkanes) is 31. The fourth-order valence-electron chi connectivity index (χ4n) is 6.93. The molecule has 2 nitrogen and oxygen atoms in total. The zero-order valence-electron chi connectivity index (χ0n) is 32.3. The van der Waals surface area contributed by atoms with Gasteiger partial charge in [0.05, 0.1) is 6.10 Å². The molecule has 0 aromatic carbocycles. The Labute approximate surface area is 287 Å². The summed E-state index contributed by atoms with van der Waals surface area (Å²) in [5.41, 5.74) is 0. The minimum atomic E-state index is 0.516. The summed E-state index contributed by atoms with van der Waals surface area (Å²) in [4.78, 5) is 2.30. The average molecular weight is 636 g/mol. The Bertz CT molecular complexity index is 470. The second-order valence-corrected chi connectivity index (χ2v) is 15.2. The first-order valence-corrected chi connectivity index (χ1v) is 21.5. The van der Waals surface area contributed by atoms with Crippen LogP contribution in [0.25, 0.3) is 0 Å². The van der Waals surface area contributed by atoms with Gasteiger partial charge in [-0.3, -0.25) is 0 Å². The Morgan fingerprint density at radius 1 is 0.333 bits per heavy atom. The standard InChI is InChI=1S/C43H89NO/c1-5-7-9-11-13-15-17-19-21-23-25-27-29-31-33-35-39-43(45-42-38-37-41-44(3)4)40-36-34-32-30-28-26-24-22-20-18-16-14-12-10-8-6-2/h43H,5-42H2,1-4H3. The first kappa shape index (κ1) is 44.9. The van der Waals surface area contributed by atoms with Crippen molar-refractivity contribution in [3.05, 3.63) is 0 Å². The molecule has 0 bridgehead atoms. The maximum atomic E-state index is 6.45. The van der Waals surface area contributed by atoms with Crippen LogP contribution in [-0.2, 0) is 4.74 Å². The highest BCUT2D eigenvalue weighted by Gasteiger charge is 2.09. The molecule has 0 aromatic rings. The van der Waals surface area contributed by atoms with Gasteiger partial charge in [0.2, 0.25) is 0 Å². The van der Waals surface area contributed by atoms with E-state index in [2.05, 4.69) is 32.8 Å². The molecule has 0 unspecified atom stereocenters. The number of rotatable bonds is 40. The molecule has 0 radical (unpaired) electrons. The van der Waals surface area contributed by atoms with E-state index in [1.54, 1.807) is 0 Å². The summed E-state index contributed by atoms with van der Waals surface area (Å²) >= 11 is 0. The van der Waals surface area contributed by atoms with Crippen molar-refractivity contribution in [2.75, 3.05) is 27.2 Å². The topological polar surface area (TPSA) is 12.5 Å². The fourth-order valence-corrected chi connectivity index (χ4v) is 6.93. The molecule has 0 atom stereocenters. The highest BCUT2D eigenvalue weighted by molar-refractivity contribution is 4.61. The second-order valence-electron chi connectivity index (χ2n) is 15.2. The molecule has 0 aliphatic carbocycles. The van der Waals surface area contributed by atoms with Gasteiger partial charge in [-0.15, -0.1) is 0 Å². The van der Waals surface area contributed by atoms with Crippen LogP contribution in [0, 0.1) is 0 Å². The number of ether oxygens (including phenoxy) is 1. The summed E-state index contributed by atoms with van der Waals surface area (Å²) in [6.45, 7) is 6.77. The van der Waals surface area contributed by atoms with E-state index in [1.165, 1.54) is 238 Å². The van der Waals surface area contributed by atoms with Crippen molar-refractivity contribution in [3.63, 3.8) is 0 Å². The van der Waals surface area contributed by atoms with Crippen LogP contribution in [0.3, 0.4) is 0 Å². The molecule has 0 amide bonds.